The number of rotatable bonds is 4. The van der Waals surface area contributed by atoms with Gasteiger partial charge in [0, 0.05) is 11.6 Å². The van der Waals surface area contributed by atoms with Gasteiger partial charge in [-0.15, -0.1) is 0 Å². The largest absolute Gasteiger partial charge is 0.376 e. The molecule has 1 aromatic carbocycles. The van der Waals surface area contributed by atoms with Crippen LogP contribution in [0.2, 0.25) is 5.02 Å². The number of nitrogens with one attached hydrogen (secondary N) is 1. The van der Waals surface area contributed by atoms with Gasteiger partial charge in [0.2, 0.25) is 0 Å². The first-order valence-corrected chi connectivity index (χ1v) is 6.26. The Labute approximate surface area is 102 Å². The van der Waals surface area contributed by atoms with Crippen molar-refractivity contribution in [2.45, 2.75) is 19.4 Å². The first-order chi connectivity index (χ1) is 7.86. The zero-order chi connectivity index (χ0) is 11.2. The molecule has 88 valence electrons. The minimum atomic E-state index is 0.621. The van der Waals surface area contributed by atoms with Crippen LogP contribution in [0.15, 0.2) is 24.3 Å². The zero-order valence-corrected chi connectivity index (χ0v) is 10.2. The fourth-order valence-electron chi connectivity index (χ4n) is 2.02. The highest BCUT2D eigenvalue weighted by atomic mass is 35.5. The summed E-state index contributed by atoms with van der Waals surface area (Å²) in [5.74, 6) is 0.663. The fraction of sp³-hybridized carbons (Fsp3) is 0.538. The van der Waals surface area contributed by atoms with E-state index in [4.69, 9.17) is 16.3 Å². The van der Waals surface area contributed by atoms with Crippen molar-refractivity contribution in [3.63, 3.8) is 0 Å². The molecule has 2 rings (SSSR count). The lowest BCUT2D eigenvalue weighted by Crippen LogP contribution is -2.32. The molecule has 1 aromatic rings. The van der Waals surface area contributed by atoms with Crippen molar-refractivity contribution in [2.24, 2.45) is 5.92 Å². The molecule has 1 N–H and O–H groups in total. The third kappa shape index (κ3) is 3.48. The lowest BCUT2D eigenvalue weighted by atomic mass is 10.0. The van der Waals surface area contributed by atoms with Gasteiger partial charge >= 0.3 is 0 Å². The summed E-state index contributed by atoms with van der Waals surface area (Å²) < 4.78 is 5.72. The molecule has 1 saturated heterocycles. The SMILES string of the molecule is Clc1ccccc1COC[C@@H]1CCCNC1. The summed E-state index contributed by atoms with van der Waals surface area (Å²) in [6.07, 6.45) is 2.54. The van der Waals surface area contributed by atoms with Gasteiger partial charge in [0.25, 0.3) is 0 Å². The maximum absolute atomic E-state index is 6.05. The number of ether oxygens (including phenoxy) is 1. The monoisotopic (exact) mass is 239 g/mol. The molecular formula is C13H18ClNO. The summed E-state index contributed by atoms with van der Waals surface area (Å²) in [5.41, 5.74) is 1.08. The second kappa shape index (κ2) is 6.24. The first-order valence-electron chi connectivity index (χ1n) is 5.88. The molecule has 1 aliphatic rings. The van der Waals surface area contributed by atoms with E-state index in [0.717, 1.165) is 30.3 Å². The van der Waals surface area contributed by atoms with Crippen LogP contribution in [0.4, 0.5) is 0 Å². The molecule has 3 heteroatoms. The summed E-state index contributed by atoms with van der Waals surface area (Å²) >= 11 is 6.05. The van der Waals surface area contributed by atoms with E-state index < -0.39 is 0 Å². The summed E-state index contributed by atoms with van der Waals surface area (Å²) in [6, 6.07) is 7.85. The molecule has 0 radical (unpaired) electrons. The van der Waals surface area contributed by atoms with E-state index >= 15 is 0 Å². The normalized spacial score (nSPS) is 20.9. The molecule has 1 aliphatic heterocycles. The fourth-order valence-corrected chi connectivity index (χ4v) is 2.21. The van der Waals surface area contributed by atoms with Crippen LogP contribution in [0.1, 0.15) is 18.4 Å². The van der Waals surface area contributed by atoms with E-state index in [1.807, 2.05) is 24.3 Å². The van der Waals surface area contributed by atoms with Gasteiger partial charge < -0.3 is 10.1 Å². The smallest absolute Gasteiger partial charge is 0.0731 e. The maximum Gasteiger partial charge on any atom is 0.0731 e. The zero-order valence-electron chi connectivity index (χ0n) is 9.42. The van der Waals surface area contributed by atoms with Crippen LogP contribution in [0.5, 0.6) is 0 Å². The van der Waals surface area contributed by atoms with E-state index in [9.17, 15) is 0 Å². The van der Waals surface area contributed by atoms with E-state index in [1.54, 1.807) is 0 Å². The van der Waals surface area contributed by atoms with Gasteiger partial charge in [-0.25, -0.2) is 0 Å². The predicted octanol–water partition coefficient (Wildman–Crippen LogP) is 2.86. The molecule has 16 heavy (non-hydrogen) atoms. The van der Waals surface area contributed by atoms with Crippen molar-refractivity contribution in [3.05, 3.63) is 34.9 Å². The topological polar surface area (TPSA) is 21.3 Å². The van der Waals surface area contributed by atoms with E-state index in [-0.39, 0.29) is 0 Å². The van der Waals surface area contributed by atoms with Gasteiger partial charge in [0.15, 0.2) is 0 Å². The molecule has 1 atom stereocenters. The quantitative estimate of drug-likeness (QED) is 0.873. The minimum absolute atomic E-state index is 0.621. The van der Waals surface area contributed by atoms with Crippen LogP contribution in [0, 0.1) is 5.92 Å². The molecule has 0 unspecified atom stereocenters. The summed E-state index contributed by atoms with van der Waals surface area (Å²) in [6.45, 7) is 3.69. The highest BCUT2D eigenvalue weighted by molar-refractivity contribution is 6.31. The average Bonchev–Trinajstić information content (AvgIpc) is 2.33. The van der Waals surface area contributed by atoms with Crippen molar-refractivity contribution >= 4 is 11.6 Å². The van der Waals surface area contributed by atoms with Gasteiger partial charge in [-0.2, -0.15) is 0 Å². The van der Waals surface area contributed by atoms with Gasteiger partial charge in [-0.05, 0) is 36.9 Å². The maximum atomic E-state index is 6.05. The Morgan fingerprint density at radius 1 is 1.38 bits per heavy atom. The molecule has 0 aromatic heterocycles. The Hall–Kier alpha value is -0.570. The van der Waals surface area contributed by atoms with Crippen LogP contribution in [0.3, 0.4) is 0 Å². The number of benzene rings is 1. The number of hydrogen-bond donors (Lipinski definition) is 1. The van der Waals surface area contributed by atoms with Crippen LogP contribution in [-0.4, -0.2) is 19.7 Å². The van der Waals surface area contributed by atoms with E-state index in [1.165, 1.54) is 12.8 Å². The van der Waals surface area contributed by atoms with Crippen molar-refractivity contribution in [3.8, 4) is 0 Å². The molecule has 0 saturated carbocycles. The van der Waals surface area contributed by atoms with Crippen LogP contribution in [0.25, 0.3) is 0 Å². The van der Waals surface area contributed by atoms with Crippen LogP contribution >= 0.6 is 11.6 Å². The van der Waals surface area contributed by atoms with Crippen molar-refractivity contribution in [1.29, 1.82) is 0 Å². The molecule has 1 fully saturated rings. The molecule has 0 bridgehead atoms. The highest BCUT2D eigenvalue weighted by Crippen LogP contribution is 2.17. The first kappa shape index (κ1) is 11.9. The highest BCUT2D eigenvalue weighted by Gasteiger charge is 2.12. The van der Waals surface area contributed by atoms with Crippen molar-refractivity contribution in [2.75, 3.05) is 19.7 Å². The van der Waals surface area contributed by atoms with Gasteiger partial charge in [0.05, 0.1) is 13.2 Å². The van der Waals surface area contributed by atoms with E-state index in [2.05, 4.69) is 5.32 Å². The van der Waals surface area contributed by atoms with Crippen molar-refractivity contribution < 1.29 is 4.74 Å². The molecule has 2 nitrogen and oxygen atoms in total. The molecule has 0 amide bonds. The number of hydrogen-bond acceptors (Lipinski definition) is 2. The second-order valence-corrected chi connectivity index (χ2v) is 4.73. The molecular weight excluding hydrogens is 222 g/mol. The standard InChI is InChI=1S/C13H18ClNO/c14-13-6-2-1-5-12(13)10-16-9-11-4-3-7-15-8-11/h1-2,5-6,11,15H,3-4,7-10H2/t11-/m1/s1. The molecule has 0 aliphatic carbocycles. The lowest BCUT2D eigenvalue weighted by molar-refractivity contribution is 0.0783. The molecule has 1 heterocycles. The summed E-state index contributed by atoms with van der Waals surface area (Å²) in [7, 11) is 0. The predicted molar refractivity (Wildman–Crippen MR) is 66.7 cm³/mol. The lowest BCUT2D eigenvalue weighted by Gasteiger charge is -2.22. The third-order valence-corrected chi connectivity index (χ3v) is 3.34. The molecule has 0 spiro atoms. The van der Waals surface area contributed by atoms with Crippen LogP contribution < -0.4 is 5.32 Å². The minimum Gasteiger partial charge on any atom is -0.376 e. The van der Waals surface area contributed by atoms with Gasteiger partial charge in [-0.1, -0.05) is 29.8 Å². The van der Waals surface area contributed by atoms with Gasteiger partial charge in [-0.3, -0.25) is 0 Å². The summed E-state index contributed by atoms with van der Waals surface area (Å²) in [5, 5.41) is 4.18. The second-order valence-electron chi connectivity index (χ2n) is 4.32. The van der Waals surface area contributed by atoms with Gasteiger partial charge in [0.1, 0.15) is 0 Å². The number of piperidine rings is 1. The summed E-state index contributed by atoms with van der Waals surface area (Å²) in [4.78, 5) is 0. The Balaban J connectivity index is 1.73. The Bertz CT molecular complexity index is 323. The van der Waals surface area contributed by atoms with Crippen molar-refractivity contribution in [1.82, 2.24) is 5.32 Å². The Morgan fingerprint density at radius 3 is 3.00 bits per heavy atom. The average molecular weight is 240 g/mol. The Kier molecular flexibility index (Phi) is 4.64. The van der Waals surface area contributed by atoms with E-state index in [0.29, 0.717) is 12.5 Å². The Morgan fingerprint density at radius 2 is 2.25 bits per heavy atom. The van der Waals surface area contributed by atoms with Crippen LogP contribution in [-0.2, 0) is 11.3 Å². The number of halogens is 1. The third-order valence-electron chi connectivity index (χ3n) is 2.97.